The standard InChI is InChI=1S/C15H29NO2/c1-4-5-6-7-8-9-10-15(17)16-11-13(2)18-14(3)12-16/h13-14H,4-12H2,1-3H3/t13-,14+. The first-order valence-electron chi connectivity index (χ1n) is 7.56. The van der Waals surface area contributed by atoms with E-state index in [1.807, 2.05) is 18.7 Å². The highest BCUT2D eigenvalue weighted by atomic mass is 16.5. The third-order valence-corrected chi connectivity index (χ3v) is 3.52. The van der Waals surface area contributed by atoms with E-state index in [4.69, 9.17) is 4.74 Å². The SMILES string of the molecule is CCCCCCCCC(=O)N1C[C@@H](C)O[C@@H](C)C1. The van der Waals surface area contributed by atoms with E-state index in [2.05, 4.69) is 6.92 Å². The number of nitrogens with zero attached hydrogens (tertiary/aromatic N) is 1. The number of rotatable bonds is 7. The van der Waals surface area contributed by atoms with E-state index in [0.29, 0.717) is 12.3 Å². The van der Waals surface area contributed by atoms with Gasteiger partial charge in [-0.3, -0.25) is 4.79 Å². The third-order valence-electron chi connectivity index (χ3n) is 3.52. The maximum Gasteiger partial charge on any atom is 0.222 e. The predicted molar refractivity (Wildman–Crippen MR) is 74.6 cm³/mol. The Labute approximate surface area is 112 Å². The molecule has 2 atom stereocenters. The van der Waals surface area contributed by atoms with Crippen LogP contribution in [0.3, 0.4) is 0 Å². The second-order valence-corrected chi connectivity index (χ2v) is 5.57. The summed E-state index contributed by atoms with van der Waals surface area (Å²) in [5.74, 6) is 0.312. The van der Waals surface area contributed by atoms with Gasteiger partial charge >= 0.3 is 0 Å². The lowest BCUT2D eigenvalue weighted by Crippen LogP contribution is -2.48. The molecule has 0 unspecified atom stereocenters. The molecule has 1 aliphatic heterocycles. The number of carbonyl (C=O) groups excluding carboxylic acids is 1. The van der Waals surface area contributed by atoms with Crippen LogP contribution in [-0.2, 0) is 9.53 Å². The minimum atomic E-state index is 0.183. The Hall–Kier alpha value is -0.570. The Bertz CT molecular complexity index is 233. The van der Waals surface area contributed by atoms with Gasteiger partial charge in [0, 0.05) is 19.5 Å². The second kappa shape index (κ2) is 8.52. The van der Waals surface area contributed by atoms with E-state index in [0.717, 1.165) is 19.5 Å². The fourth-order valence-electron chi connectivity index (χ4n) is 2.60. The lowest BCUT2D eigenvalue weighted by atomic mass is 10.1. The van der Waals surface area contributed by atoms with Crippen molar-refractivity contribution in [1.29, 1.82) is 0 Å². The maximum atomic E-state index is 12.0. The Morgan fingerprint density at radius 3 is 2.22 bits per heavy atom. The van der Waals surface area contributed by atoms with Crippen LogP contribution < -0.4 is 0 Å². The van der Waals surface area contributed by atoms with Gasteiger partial charge in [0.05, 0.1) is 12.2 Å². The molecule has 106 valence electrons. The molecule has 1 fully saturated rings. The highest BCUT2D eigenvalue weighted by Crippen LogP contribution is 2.14. The van der Waals surface area contributed by atoms with Crippen molar-refractivity contribution in [2.45, 2.75) is 77.9 Å². The maximum absolute atomic E-state index is 12.0. The average molecular weight is 255 g/mol. The Morgan fingerprint density at radius 2 is 1.61 bits per heavy atom. The molecular formula is C15H29NO2. The number of carbonyl (C=O) groups is 1. The predicted octanol–water partition coefficient (Wildman–Crippen LogP) is 3.37. The number of unbranched alkanes of at least 4 members (excludes halogenated alkanes) is 5. The average Bonchev–Trinajstić information content (AvgIpc) is 2.32. The first-order chi connectivity index (χ1) is 8.63. The van der Waals surface area contributed by atoms with Gasteiger partial charge in [-0.05, 0) is 20.3 Å². The molecular weight excluding hydrogens is 226 g/mol. The molecule has 1 amide bonds. The summed E-state index contributed by atoms with van der Waals surface area (Å²) in [7, 11) is 0. The van der Waals surface area contributed by atoms with Crippen LogP contribution in [0.4, 0.5) is 0 Å². The Kier molecular flexibility index (Phi) is 7.33. The third kappa shape index (κ3) is 5.85. The smallest absolute Gasteiger partial charge is 0.222 e. The van der Waals surface area contributed by atoms with Crippen molar-refractivity contribution < 1.29 is 9.53 Å². The first-order valence-corrected chi connectivity index (χ1v) is 7.56. The Balaban J connectivity index is 2.12. The normalized spacial score (nSPS) is 24.3. The van der Waals surface area contributed by atoms with E-state index in [9.17, 15) is 4.79 Å². The molecule has 1 rings (SSSR count). The zero-order chi connectivity index (χ0) is 13.4. The first kappa shape index (κ1) is 15.5. The largest absolute Gasteiger partial charge is 0.372 e. The van der Waals surface area contributed by atoms with Gasteiger partial charge in [0.15, 0.2) is 0 Å². The zero-order valence-electron chi connectivity index (χ0n) is 12.3. The molecule has 0 N–H and O–H groups in total. The van der Waals surface area contributed by atoms with Crippen molar-refractivity contribution in [3.05, 3.63) is 0 Å². The van der Waals surface area contributed by atoms with Crippen LogP contribution in [-0.4, -0.2) is 36.1 Å². The lowest BCUT2D eigenvalue weighted by molar-refractivity contribution is -0.143. The summed E-state index contributed by atoms with van der Waals surface area (Å²) in [6.45, 7) is 7.84. The van der Waals surface area contributed by atoms with Crippen LogP contribution in [0.2, 0.25) is 0 Å². The summed E-state index contributed by atoms with van der Waals surface area (Å²) >= 11 is 0. The van der Waals surface area contributed by atoms with Gasteiger partial charge in [-0.1, -0.05) is 39.0 Å². The molecule has 1 saturated heterocycles. The molecule has 1 aliphatic rings. The zero-order valence-corrected chi connectivity index (χ0v) is 12.3. The topological polar surface area (TPSA) is 29.5 Å². The van der Waals surface area contributed by atoms with Gasteiger partial charge in [-0.15, -0.1) is 0 Å². The number of amides is 1. The summed E-state index contributed by atoms with van der Waals surface area (Å²) in [5.41, 5.74) is 0. The highest BCUT2D eigenvalue weighted by Gasteiger charge is 2.25. The number of morpholine rings is 1. The second-order valence-electron chi connectivity index (χ2n) is 5.57. The van der Waals surface area contributed by atoms with E-state index in [1.165, 1.54) is 32.1 Å². The van der Waals surface area contributed by atoms with E-state index < -0.39 is 0 Å². The number of hydrogen-bond acceptors (Lipinski definition) is 2. The van der Waals surface area contributed by atoms with Gasteiger partial charge in [0.25, 0.3) is 0 Å². The van der Waals surface area contributed by atoms with E-state index >= 15 is 0 Å². The monoisotopic (exact) mass is 255 g/mol. The van der Waals surface area contributed by atoms with Crippen LogP contribution in [0.25, 0.3) is 0 Å². The molecule has 0 aromatic heterocycles. The highest BCUT2D eigenvalue weighted by molar-refractivity contribution is 5.76. The fourth-order valence-corrected chi connectivity index (χ4v) is 2.60. The molecule has 0 saturated carbocycles. The van der Waals surface area contributed by atoms with Crippen LogP contribution in [0, 0.1) is 0 Å². The summed E-state index contributed by atoms with van der Waals surface area (Å²) < 4.78 is 5.64. The molecule has 0 radical (unpaired) electrons. The molecule has 0 spiro atoms. The summed E-state index contributed by atoms with van der Waals surface area (Å²) in [5, 5.41) is 0. The van der Waals surface area contributed by atoms with Gasteiger partial charge in [0.2, 0.25) is 5.91 Å². The van der Waals surface area contributed by atoms with Crippen molar-refractivity contribution in [2.24, 2.45) is 0 Å². The van der Waals surface area contributed by atoms with Crippen molar-refractivity contribution >= 4 is 5.91 Å². The van der Waals surface area contributed by atoms with Gasteiger partial charge in [-0.25, -0.2) is 0 Å². The van der Waals surface area contributed by atoms with Gasteiger partial charge in [-0.2, -0.15) is 0 Å². The molecule has 3 heteroatoms. The fraction of sp³-hybridized carbons (Fsp3) is 0.933. The summed E-state index contributed by atoms with van der Waals surface area (Å²) in [6, 6.07) is 0. The summed E-state index contributed by atoms with van der Waals surface area (Å²) in [6.07, 6.45) is 8.52. The molecule has 0 bridgehead atoms. The van der Waals surface area contributed by atoms with Crippen molar-refractivity contribution in [3.63, 3.8) is 0 Å². The van der Waals surface area contributed by atoms with Crippen LogP contribution in [0.15, 0.2) is 0 Å². The van der Waals surface area contributed by atoms with Crippen LogP contribution in [0.1, 0.15) is 65.7 Å². The van der Waals surface area contributed by atoms with Gasteiger partial charge in [0.1, 0.15) is 0 Å². The van der Waals surface area contributed by atoms with Crippen LogP contribution >= 0.6 is 0 Å². The van der Waals surface area contributed by atoms with Crippen LogP contribution in [0.5, 0.6) is 0 Å². The van der Waals surface area contributed by atoms with E-state index in [-0.39, 0.29) is 12.2 Å². The van der Waals surface area contributed by atoms with Gasteiger partial charge < -0.3 is 9.64 Å². The minimum Gasteiger partial charge on any atom is -0.372 e. The molecule has 18 heavy (non-hydrogen) atoms. The van der Waals surface area contributed by atoms with E-state index in [1.54, 1.807) is 0 Å². The molecule has 0 aromatic rings. The Morgan fingerprint density at radius 1 is 1.06 bits per heavy atom. The molecule has 1 heterocycles. The number of ether oxygens (including phenoxy) is 1. The quantitative estimate of drug-likeness (QED) is 0.653. The molecule has 0 aromatic carbocycles. The number of hydrogen-bond donors (Lipinski definition) is 0. The van der Waals surface area contributed by atoms with Crippen molar-refractivity contribution in [3.8, 4) is 0 Å². The molecule has 0 aliphatic carbocycles. The van der Waals surface area contributed by atoms with Crippen molar-refractivity contribution in [2.75, 3.05) is 13.1 Å². The molecule has 3 nitrogen and oxygen atoms in total. The lowest BCUT2D eigenvalue weighted by Gasteiger charge is -2.35. The minimum absolute atomic E-state index is 0.183. The van der Waals surface area contributed by atoms with Crippen molar-refractivity contribution in [1.82, 2.24) is 4.90 Å². The summed E-state index contributed by atoms with van der Waals surface area (Å²) in [4.78, 5) is 14.0.